The molecule has 0 radical (unpaired) electrons. The predicted octanol–water partition coefficient (Wildman–Crippen LogP) is 5.27. The minimum atomic E-state index is 0.278. The molecule has 0 aliphatic carbocycles. The van der Waals surface area contributed by atoms with Crippen molar-refractivity contribution in [2.24, 2.45) is 0 Å². The molecule has 0 fully saturated rings. The van der Waals surface area contributed by atoms with Gasteiger partial charge in [0.2, 0.25) is 0 Å². The molecule has 2 aromatic rings. The van der Waals surface area contributed by atoms with Gasteiger partial charge in [-0.15, -0.1) is 10.2 Å². The van der Waals surface area contributed by atoms with Crippen LogP contribution in [-0.4, -0.2) is 21.1 Å². The molecule has 2 rings (SSSR count). The monoisotopic (exact) mass is 322 g/mol. The van der Waals surface area contributed by atoms with E-state index in [1.165, 1.54) is 0 Å². The van der Waals surface area contributed by atoms with Gasteiger partial charge in [0.1, 0.15) is 10.8 Å². The van der Waals surface area contributed by atoms with Crippen molar-refractivity contribution in [3.05, 3.63) is 23.3 Å². The molecule has 0 spiro atoms. The second-order valence-electron chi connectivity index (χ2n) is 5.62. The van der Waals surface area contributed by atoms with Gasteiger partial charge >= 0.3 is 0 Å². The fraction of sp³-hybridized carbons (Fsp3) is 0.500. The van der Waals surface area contributed by atoms with E-state index in [2.05, 4.69) is 44.8 Å². The van der Waals surface area contributed by atoms with E-state index in [-0.39, 0.29) is 11.8 Å². The lowest BCUT2D eigenvalue weighted by Crippen LogP contribution is -1.97. The van der Waals surface area contributed by atoms with Gasteiger partial charge in [-0.1, -0.05) is 57.7 Å². The highest BCUT2D eigenvalue weighted by atomic mass is 32.2. The van der Waals surface area contributed by atoms with Crippen molar-refractivity contribution >= 4 is 23.1 Å². The smallest absolute Gasteiger partial charge is 0.174 e. The number of rotatable bonds is 5. The maximum atomic E-state index is 10.5. The molecule has 21 heavy (non-hydrogen) atoms. The van der Waals surface area contributed by atoms with E-state index in [1.807, 2.05) is 12.1 Å². The third-order valence-electron chi connectivity index (χ3n) is 3.33. The Balaban J connectivity index is 2.52. The van der Waals surface area contributed by atoms with Crippen LogP contribution in [-0.2, 0) is 0 Å². The van der Waals surface area contributed by atoms with Crippen molar-refractivity contribution in [2.45, 2.75) is 50.8 Å². The molecule has 0 aliphatic rings. The van der Waals surface area contributed by atoms with Gasteiger partial charge in [-0.3, -0.25) is 0 Å². The summed E-state index contributed by atoms with van der Waals surface area (Å²) >= 11 is 3.33. The second-order valence-corrected chi connectivity index (χ2v) is 8.11. The summed E-state index contributed by atoms with van der Waals surface area (Å²) in [5, 5.41) is 19.9. The number of benzene rings is 1. The molecule has 1 heterocycles. The summed E-state index contributed by atoms with van der Waals surface area (Å²) < 4.78 is 0.998. The molecule has 0 amide bonds. The highest BCUT2D eigenvalue weighted by Crippen LogP contribution is 2.39. The van der Waals surface area contributed by atoms with Crippen molar-refractivity contribution in [3.8, 4) is 16.3 Å². The average molecular weight is 322 g/mol. The Morgan fingerprint density at radius 2 is 1.67 bits per heavy atom. The van der Waals surface area contributed by atoms with Crippen LogP contribution in [0.2, 0.25) is 0 Å². The van der Waals surface area contributed by atoms with Gasteiger partial charge in [0.05, 0.1) is 0 Å². The number of aromatic nitrogens is 2. The molecule has 3 nitrogen and oxygen atoms in total. The summed E-state index contributed by atoms with van der Waals surface area (Å²) in [5.41, 5.74) is 3.02. The van der Waals surface area contributed by atoms with Gasteiger partial charge in [-0.25, -0.2) is 0 Å². The minimum Gasteiger partial charge on any atom is -0.507 e. The minimum absolute atomic E-state index is 0.278. The number of nitrogens with zero attached hydrogens (tertiary/aromatic N) is 2. The summed E-state index contributed by atoms with van der Waals surface area (Å²) in [7, 11) is 0. The predicted molar refractivity (Wildman–Crippen MR) is 91.6 cm³/mol. The highest BCUT2D eigenvalue weighted by Gasteiger charge is 2.17. The second kappa shape index (κ2) is 6.79. The zero-order chi connectivity index (χ0) is 15.6. The van der Waals surface area contributed by atoms with Crippen molar-refractivity contribution in [3.63, 3.8) is 0 Å². The van der Waals surface area contributed by atoms with Gasteiger partial charge in [0, 0.05) is 5.56 Å². The molecule has 114 valence electrons. The topological polar surface area (TPSA) is 46.0 Å². The summed E-state index contributed by atoms with van der Waals surface area (Å²) in [6, 6.07) is 4.10. The first-order valence-electron chi connectivity index (χ1n) is 7.27. The van der Waals surface area contributed by atoms with Gasteiger partial charge in [0.15, 0.2) is 4.34 Å². The Kier molecular flexibility index (Phi) is 5.27. The molecule has 1 aromatic heterocycles. The zero-order valence-corrected chi connectivity index (χ0v) is 14.8. The molecule has 1 N–H and O–H groups in total. The Labute approximate surface area is 134 Å². The number of hydrogen-bond acceptors (Lipinski definition) is 5. The third kappa shape index (κ3) is 3.58. The van der Waals surface area contributed by atoms with Crippen LogP contribution in [0.25, 0.3) is 10.6 Å². The van der Waals surface area contributed by atoms with E-state index in [0.29, 0.717) is 5.75 Å². The Morgan fingerprint density at radius 3 is 2.14 bits per heavy atom. The SMILES string of the molecule is CCSc1nnc(-c2cc(C(C)C)c(O)c(C(C)C)c2)s1. The zero-order valence-electron chi connectivity index (χ0n) is 13.2. The molecule has 0 saturated carbocycles. The summed E-state index contributed by atoms with van der Waals surface area (Å²) in [6.45, 7) is 10.5. The fourth-order valence-electron chi connectivity index (χ4n) is 2.19. The number of hydrogen-bond donors (Lipinski definition) is 1. The van der Waals surface area contributed by atoms with Crippen molar-refractivity contribution in [1.29, 1.82) is 0 Å². The van der Waals surface area contributed by atoms with Crippen LogP contribution < -0.4 is 0 Å². The fourth-order valence-corrected chi connectivity index (χ4v) is 3.93. The van der Waals surface area contributed by atoms with E-state index < -0.39 is 0 Å². The lowest BCUT2D eigenvalue weighted by atomic mass is 9.91. The maximum absolute atomic E-state index is 10.5. The van der Waals surface area contributed by atoms with Crippen LogP contribution in [0.15, 0.2) is 16.5 Å². The number of phenols is 1. The van der Waals surface area contributed by atoms with Crippen molar-refractivity contribution in [2.75, 3.05) is 5.75 Å². The molecule has 0 atom stereocenters. The molecule has 0 bridgehead atoms. The van der Waals surface area contributed by atoms with Crippen LogP contribution in [0.4, 0.5) is 0 Å². The standard InChI is InChI=1S/C16H22N2OS2/c1-6-20-16-18-17-15(21-16)11-7-12(9(2)3)14(19)13(8-11)10(4)5/h7-10,19H,6H2,1-5H3. The van der Waals surface area contributed by atoms with E-state index in [0.717, 1.165) is 31.8 Å². The first kappa shape index (κ1) is 16.3. The van der Waals surface area contributed by atoms with E-state index >= 15 is 0 Å². The van der Waals surface area contributed by atoms with Gasteiger partial charge in [-0.2, -0.15) is 0 Å². The van der Waals surface area contributed by atoms with Gasteiger partial charge < -0.3 is 5.11 Å². The summed E-state index contributed by atoms with van der Waals surface area (Å²) in [4.78, 5) is 0. The molecular weight excluding hydrogens is 300 g/mol. The Hall–Kier alpha value is -1.07. The Morgan fingerprint density at radius 1 is 1.10 bits per heavy atom. The largest absolute Gasteiger partial charge is 0.507 e. The lowest BCUT2D eigenvalue weighted by molar-refractivity contribution is 0.454. The highest BCUT2D eigenvalue weighted by molar-refractivity contribution is 8.01. The van der Waals surface area contributed by atoms with Crippen molar-refractivity contribution < 1.29 is 5.11 Å². The molecule has 0 aliphatic heterocycles. The molecule has 0 saturated heterocycles. The quantitative estimate of drug-likeness (QED) is 0.762. The first-order chi connectivity index (χ1) is 9.93. The van der Waals surface area contributed by atoms with Crippen LogP contribution >= 0.6 is 23.1 Å². The molecular formula is C16H22N2OS2. The summed E-state index contributed by atoms with van der Waals surface area (Å²) in [6.07, 6.45) is 0. The van der Waals surface area contributed by atoms with Gasteiger partial charge in [0.25, 0.3) is 0 Å². The average Bonchev–Trinajstić information content (AvgIpc) is 2.87. The molecule has 0 unspecified atom stereocenters. The maximum Gasteiger partial charge on any atom is 0.174 e. The van der Waals surface area contributed by atoms with Crippen molar-refractivity contribution in [1.82, 2.24) is 10.2 Å². The van der Waals surface area contributed by atoms with Gasteiger partial charge in [-0.05, 0) is 40.8 Å². The van der Waals surface area contributed by atoms with Crippen LogP contribution in [0.5, 0.6) is 5.75 Å². The normalized spacial score (nSPS) is 11.6. The first-order valence-corrected chi connectivity index (χ1v) is 9.07. The summed E-state index contributed by atoms with van der Waals surface area (Å²) in [5.74, 6) is 1.98. The van der Waals surface area contributed by atoms with E-state index in [9.17, 15) is 5.11 Å². The molecule has 5 heteroatoms. The van der Waals surface area contributed by atoms with E-state index in [4.69, 9.17) is 0 Å². The third-order valence-corrected chi connectivity index (χ3v) is 5.32. The van der Waals surface area contributed by atoms with Crippen LogP contribution in [0, 0.1) is 0 Å². The Bertz CT molecular complexity index is 591. The number of phenolic OH excluding ortho intramolecular Hbond substituents is 1. The van der Waals surface area contributed by atoms with Crippen LogP contribution in [0.3, 0.4) is 0 Å². The van der Waals surface area contributed by atoms with Crippen LogP contribution in [0.1, 0.15) is 57.6 Å². The number of aromatic hydroxyl groups is 1. The lowest BCUT2D eigenvalue weighted by Gasteiger charge is -2.16. The van der Waals surface area contributed by atoms with E-state index in [1.54, 1.807) is 23.1 Å². The number of thioether (sulfide) groups is 1. The molecule has 1 aromatic carbocycles.